The summed E-state index contributed by atoms with van der Waals surface area (Å²) in [5.74, 6) is -0.105. The van der Waals surface area contributed by atoms with Crippen LogP contribution in [0, 0.1) is 12.7 Å². The molecule has 2 aromatic rings. The number of benzene rings is 1. The second-order valence-corrected chi connectivity index (χ2v) is 6.86. The van der Waals surface area contributed by atoms with Crippen LogP contribution >= 0.6 is 15.9 Å². The molecule has 0 N–H and O–H groups in total. The highest BCUT2D eigenvalue weighted by Crippen LogP contribution is 2.14. The molecule has 1 aromatic heterocycles. The predicted octanol–water partition coefficient (Wildman–Crippen LogP) is 2.44. The minimum atomic E-state index is -0.171. The third-order valence-electron chi connectivity index (χ3n) is 4.26. The molecule has 0 unspecified atom stereocenters. The van der Waals surface area contributed by atoms with Crippen molar-refractivity contribution in [2.75, 3.05) is 26.2 Å². The van der Waals surface area contributed by atoms with E-state index in [2.05, 4.69) is 25.9 Å². The van der Waals surface area contributed by atoms with E-state index in [0.717, 1.165) is 23.3 Å². The fourth-order valence-corrected chi connectivity index (χ4v) is 3.15. The zero-order valence-electron chi connectivity index (χ0n) is 13.6. The van der Waals surface area contributed by atoms with E-state index in [1.54, 1.807) is 10.7 Å². The van der Waals surface area contributed by atoms with Gasteiger partial charge in [-0.3, -0.25) is 14.4 Å². The van der Waals surface area contributed by atoms with Gasteiger partial charge < -0.3 is 4.90 Å². The van der Waals surface area contributed by atoms with Gasteiger partial charge >= 0.3 is 0 Å². The smallest absolute Gasteiger partial charge is 0.244 e. The van der Waals surface area contributed by atoms with Crippen LogP contribution in [0.3, 0.4) is 0 Å². The zero-order valence-corrected chi connectivity index (χ0v) is 15.2. The molecule has 0 spiro atoms. The molecule has 128 valence electrons. The van der Waals surface area contributed by atoms with Crippen molar-refractivity contribution >= 4 is 21.8 Å². The normalized spacial score (nSPS) is 15.7. The van der Waals surface area contributed by atoms with Crippen LogP contribution in [-0.4, -0.2) is 51.7 Å². The first kappa shape index (κ1) is 17.1. The minimum absolute atomic E-state index is 0.0653. The van der Waals surface area contributed by atoms with Crippen LogP contribution in [0.5, 0.6) is 0 Å². The number of halogens is 2. The van der Waals surface area contributed by atoms with Crippen molar-refractivity contribution in [3.63, 3.8) is 0 Å². The Kier molecular flexibility index (Phi) is 5.30. The number of aromatic nitrogens is 2. The lowest BCUT2D eigenvalue weighted by Gasteiger charge is -2.34. The molecule has 1 amide bonds. The summed E-state index contributed by atoms with van der Waals surface area (Å²) in [6, 6.07) is 6.84. The molecule has 1 aromatic carbocycles. The predicted molar refractivity (Wildman–Crippen MR) is 92.9 cm³/mol. The number of carbonyl (C=O) groups excluding carboxylic acids is 1. The average Bonchev–Trinajstić information content (AvgIpc) is 2.88. The highest BCUT2D eigenvalue weighted by molar-refractivity contribution is 9.10. The molecule has 0 radical (unpaired) electrons. The Labute approximate surface area is 149 Å². The van der Waals surface area contributed by atoms with Crippen molar-refractivity contribution in [2.24, 2.45) is 0 Å². The lowest BCUT2D eigenvalue weighted by molar-refractivity contribution is -0.133. The van der Waals surface area contributed by atoms with Gasteiger partial charge in [-0.05, 0) is 28.9 Å². The van der Waals surface area contributed by atoms with Gasteiger partial charge in [0.15, 0.2) is 0 Å². The highest BCUT2D eigenvalue weighted by Gasteiger charge is 2.22. The molecule has 0 bridgehead atoms. The van der Waals surface area contributed by atoms with Gasteiger partial charge in [-0.2, -0.15) is 5.10 Å². The lowest BCUT2D eigenvalue weighted by atomic mass is 10.2. The Morgan fingerprint density at radius 2 is 1.96 bits per heavy atom. The maximum absolute atomic E-state index is 13.7. The first-order valence-corrected chi connectivity index (χ1v) is 8.75. The van der Waals surface area contributed by atoms with Gasteiger partial charge in [0.25, 0.3) is 0 Å². The van der Waals surface area contributed by atoms with Crippen molar-refractivity contribution < 1.29 is 9.18 Å². The number of piperazine rings is 1. The van der Waals surface area contributed by atoms with Crippen molar-refractivity contribution in [3.05, 3.63) is 52.0 Å². The van der Waals surface area contributed by atoms with Crippen LogP contribution in [0.2, 0.25) is 0 Å². The summed E-state index contributed by atoms with van der Waals surface area (Å²) in [6.45, 7) is 5.56. The molecule has 24 heavy (non-hydrogen) atoms. The first-order chi connectivity index (χ1) is 11.5. The molecule has 1 aliphatic rings. The van der Waals surface area contributed by atoms with E-state index in [0.29, 0.717) is 25.2 Å². The number of nitrogens with zero attached hydrogens (tertiary/aromatic N) is 4. The molecule has 0 aliphatic carbocycles. The number of aryl methyl sites for hydroxylation is 1. The molecule has 1 aliphatic heterocycles. The molecule has 2 heterocycles. The molecule has 3 rings (SSSR count). The molecule has 1 fully saturated rings. The number of carbonyl (C=O) groups is 1. The number of amides is 1. The quantitative estimate of drug-likeness (QED) is 0.799. The summed E-state index contributed by atoms with van der Waals surface area (Å²) in [7, 11) is 0. The SMILES string of the molecule is Cc1nn(CC(=O)N2CCN(Cc3ccccc3F)CC2)cc1Br. The monoisotopic (exact) mass is 394 g/mol. The van der Waals surface area contributed by atoms with Crippen LogP contribution in [-0.2, 0) is 17.9 Å². The summed E-state index contributed by atoms with van der Waals surface area (Å²) in [5.41, 5.74) is 1.58. The fourth-order valence-electron chi connectivity index (χ4n) is 2.84. The third-order valence-corrected chi connectivity index (χ3v) is 5.04. The Morgan fingerprint density at radius 3 is 2.58 bits per heavy atom. The molecular weight excluding hydrogens is 375 g/mol. The first-order valence-electron chi connectivity index (χ1n) is 7.96. The van der Waals surface area contributed by atoms with Gasteiger partial charge in [-0.15, -0.1) is 0 Å². The van der Waals surface area contributed by atoms with Gasteiger partial charge in [0.2, 0.25) is 5.91 Å². The number of rotatable bonds is 4. The van der Waals surface area contributed by atoms with Crippen LogP contribution in [0.1, 0.15) is 11.3 Å². The molecular formula is C17H20BrFN4O. The Bertz CT molecular complexity index is 706. The maximum atomic E-state index is 13.7. The van der Waals surface area contributed by atoms with E-state index in [-0.39, 0.29) is 18.3 Å². The second kappa shape index (κ2) is 7.44. The van der Waals surface area contributed by atoms with E-state index in [1.807, 2.05) is 30.2 Å². The van der Waals surface area contributed by atoms with Gasteiger partial charge in [0.05, 0.1) is 10.2 Å². The topological polar surface area (TPSA) is 41.4 Å². The second-order valence-electron chi connectivity index (χ2n) is 6.01. The van der Waals surface area contributed by atoms with E-state index in [9.17, 15) is 9.18 Å². The number of hydrogen-bond acceptors (Lipinski definition) is 3. The molecule has 0 saturated carbocycles. The Balaban J connectivity index is 1.51. The summed E-state index contributed by atoms with van der Waals surface area (Å²) >= 11 is 3.40. The molecule has 5 nitrogen and oxygen atoms in total. The minimum Gasteiger partial charge on any atom is -0.339 e. The van der Waals surface area contributed by atoms with Crippen molar-refractivity contribution in [3.8, 4) is 0 Å². The van der Waals surface area contributed by atoms with Gasteiger partial charge in [-0.25, -0.2) is 4.39 Å². The average molecular weight is 395 g/mol. The highest BCUT2D eigenvalue weighted by atomic mass is 79.9. The van der Waals surface area contributed by atoms with E-state index < -0.39 is 0 Å². The van der Waals surface area contributed by atoms with Gasteiger partial charge in [0.1, 0.15) is 12.4 Å². The standard InChI is InChI=1S/C17H20BrFN4O/c1-13-15(18)11-23(20-13)12-17(24)22-8-6-21(7-9-22)10-14-4-2-3-5-16(14)19/h2-5,11H,6-10,12H2,1H3. The van der Waals surface area contributed by atoms with Crippen LogP contribution in [0.25, 0.3) is 0 Å². The van der Waals surface area contributed by atoms with E-state index in [4.69, 9.17) is 0 Å². The largest absolute Gasteiger partial charge is 0.339 e. The van der Waals surface area contributed by atoms with Crippen LogP contribution < -0.4 is 0 Å². The zero-order chi connectivity index (χ0) is 17.1. The summed E-state index contributed by atoms with van der Waals surface area (Å²) in [6.07, 6.45) is 1.82. The lowest BCUT2D eigenvalue weighted by Crippen LogP contribution is -2.49. The van der Waals surface area contributed by atoms with Crippen LogP contribution in [0.15, 0.2) is 34.9 Å². The maximum Gasteiger partial charge on any atom is 0.244 e. The van der Waals surface area contributed by atoms with E-state index in [1.165, 1.54) is 6.07 Å². The molecule has 1 saturated heterocycles. The van der Waals surface area contributed by atoms with Crippen molar-refractivity contribution in [1.82, 2.24) is 19.6 Å². The molecule has 0 atom stereocenters. The summed E-state index contributed by atoms with van der Waals surface area (Å²) in [4.78, 5) is 16.4. The van der Waals surface area contributed by atoms with Gasteiger partial charge in [-0.1, -0.05) is 18.2 Å². The Hall–Kier alpha value is -1.73. The van der Waals surface area contributed by atoms with Crippen molar-refractivity contribution in [2.45, 2.75) is 20.0 Å². The van der Waals surface area contributed by atoms with E-state index >= 15 is 0 Å². The Morgan fingerprint density at radius 1 is 1.25 bits per heavy atom. The third kappa shape index (κ3) is 4.02. The summed E-state index contributed by atoms with van der Waals surface area (Å²) < 4.78 is 16.3. The fraction of sp³-hybridized carbons (Fsp3) is 0.412. The van der Waals surface area contributed by atoms with Gasteiger partial charge in [0, 0.05) is 44.5 Å². The molecule has 7 heteroatoms. The number of hydrogen-bond donors (Lipinski definition) is 0. The van der Waals surface area contributed by atoms with Crippen LogP contribution in [0.4, 0.5) is 4.39 Å². The van der Waals surface area contributed by atoms with Crippen molar-refractivity contribution in [1.29, 1.82) is 0 Å². The summed E-state index contributed by atoms with van der Waals surface area (Å²) in [5, 5.41) is 4.30.